The number of amides is 1. The number of benzene rings is 1. The maximum Gasteiger partial charge on any atom is 0.260 e. The lowest BCUT2D eigenvalue weighted by Gasteiger charge is -2.25. The molecule has 5 heterocycles. The fraction of sp³-hybridized carbons (Fsp3) is 0.462. The molecule has 35 heavy (non-hydrogen) atoms. The molecule has 1 unspecified atom stereocenters. The summed E-state index contributed by atoms with van der Waals surface area (Å²) >= 11 is 0. The molecule has 2 saturated heterocycles. The Morgan fingerprint density at radius 3 is 2.49 bits per heavy atom. The molecule has 1 spiro atoms. The van der Waals surface area contributed by atoms with Crippen molar-refractivity contribution in [2.45, 2.75) is 33.2 Å². The van der Waals surface area contributed by atoms with Crippen LogP contribution in [0.4, 0.5) is 16.0 Å². The number of carbonyl (C=O) groups excluding carboxylic acids is 1. The van der Waals surface area contributed by atoms with E-state index in [1.54, 1.807) is 28.9 Å². The van der Waals surface area contributed by atoms with Crippen LogP contribution in [0, 0.1) is 18.2 Å². The SMILES string of the molecule is CCN1CCC2(CCN(c3ccc(N4Cc5cc(F)c(-c6cn(C)nc6C)cc5C4=O)nn3)C2)C1. The molecule has 0 saturated carbocycles. The lowest BCUT2D eigenvalue weighted by Crippen LogP contribution is -2.31. The highest BCUT2D eigenvalue weighted by Crippen LogP contribution is 2.41. The first-order valence-corrected chi connectivity index (χ1v) is 12.3. The second-order valence-electron chi connectivity index (χ2n) is 10.2. The number of rotatable bonds is 4. The summed E-state index contributed by atoms with van der Waals surface area (Å²) in [6, 6.07) is 6.91. The summed E-state index contributed by atoms with van der Waals surface area (Å²) in [6.45, 7) is 9.77. The second-order valence-corrected chi connectivity index (χ2v) is 10.2. The third-order valence-corrected chi connectivity index (χ3v) is 7.94. The Balaban J connectivity index is 1.21. The number of fused-ring (bicyclic) bond motifs is 1. The number of hydrogen-bond donors (Lipinski definition) is 0. The zero-order chi connectivity index (χ0) is 24.3. The zero-order valence-electron chi connectivity index (χ0n) is 20.5. The van der Waals surface area contributed by atoms with Crippen molar-refractivity contribution < 1.29 is 9.18 Å². The normalized spacial score (nSPS) is 22.1. The monoisotopic (exact) mass is 475 g/mol. The van der Waals surface area contributed by atoms with Crippen molar-refractivity contribution >= 4 is 17.5 Å². The van der Waals surface area contributed by atoms with E-state index in [9.17, 15) is 9.18 Å². The Hall–Kier alpha value is -3.33. The average molecular weight is 476 g/mol. The molecule has 0 bridgehead atoms. The van der Waals surface area contributed by atoms with Gasteiger partial charge < -0.3 is 9.80 Å². The van der Waals surface area contributed by atoms with Gasteiger partial charge in [-0.1, -0.05) is 6.92 Å². The van der Waals surface area contributed by atoms with E-state index >= 15 is 0 Å². The molecule has 1 atom stereocenters. The molecule has 1 amide bonds. The first-order chi connectivity index (χ1) is 16.9. The van der Waals surface area contributed by atoms with Gasteiger partial charge in [-0.05, 0) is 62.7 Å². The molecule has 1 aromatic carbocycles. The van der Waals surface area contributed by atoms with Gasteiger partial charge in [0.25, 0.3) is 5.91 Å². The van der Waals surface area contributed by atoms with Crippen molar-refractivity contribution in [2.24, 2.45) is 12.5 Å². The lowest BCUT2D eigenvalue weighted by molar-refractivity contribution is 0.0995. The number of aryl methyl sites for hydroxylation is 2. The van der Waals surface area contributed by atoms with Gasteiger partial charge in [0, 0.05) is 55.0 Å². The van der Waals surface area contributed by atoms with Crippen molar-refractivity contribution in [1.82, 2.24) is 24.9 Å². The highest BCUT2D eigenvalue weighted by molar-refractivity contribution is 6.10. The highest BCUT2D eigenvalue weighted by Gasteiger charge is 2.43. The molecule has 3 aromatic rings. The van der Waals surface area contributed by atoms with Gasteiger partial charge in [-0.2, -0.15) is 5.10 Å². The fourth-order valence-corrected chi connectivity index (χ4v) is 5.98. The van der Waals surface area contributed by atoms with Crippen LogP contribution >= 0.6 is 0 Å². The molecule has 2 aromatic heterocycles. The van der Waals surface area contributed by atoms with E-state index in [1.165, 1.54) is 25.5 Å². The molecule has 0 N–H and O–H groups in total. The van der Waals surface area contributed by atoms with Crippen molar-refractivity contribution in [2.75, 3.05) is 42.5 Å². The van der Waals surface area contributed by atoms with E-state index in [0.29, 0.717) is 33.5 Å². The predicted octanol–water partition coefficient (Wildman–Crippen LogP) is 3.41. The molecule has 2 fully saturated rings. The van der Waals surface area contributed by atoms with Gasteiger partial charge in [0.05, 0.1) is 12.2 Å². The molecule has 8 nitrogen and oxygen atoms in total. The molecule has 0 aliphatic carbocycles. The van der Waals surface area contributed by atoms with Crippen molar-refractivity contribution in [3.05, 3.63) is 53.1 Å². The number of hydrogen-bond acceptors (Lipinski definition) is 6. The maximum absolute atomic E-state index is 15.0. The third kappa shape index (κ3) is 3.69. The average Bonchev–Trinajstić information content (AvgIpc) is 3.61. The van der Waals surface area contributed by atoms with Crippen LogP contribution < -0.4 is 9.80 Å². The number of likely N-dealkylation sites (tertiary alicyclic amines) is 1. The Morgan fingerprint density at radius 1 is 1.03 bits per heavy atom. The third-order valence-electron chi connectivity index (χ3n) is 7.94. The Bertz CT molecular complexity index is 1300. The molecular weight excluding hydrogens is 445 g/mol. The quantitative estimate of drug-likeness (QED) is 0.576. The number of halogens is 1. The van der Waals surface area contributed by atoms with Crippen molar-refractivity contribution in [3.63, 3.8) is 0 Å². The Kier molecular flexibility index (Phi) is 5.14. The highest BCUT2D eigenvalue weighted by atomic mass is 19.1. The zero-order valence-corrected chi connectivity index (χ0v) is 20.5. The molecular formula is C26H30FN7O. The largest absolute Gasteiger partial charge is 0.355 e. The molecule has 182 valence electrons. The van der Waals surface area contributed by atoms with Gasteiger partial charge in [-0.3, -0.25) is 14.4 Å². The lowest BCUT2D eigenvalue weighted by atomic mass is 9.86. The van der Waals surface area contributed by atoms with Gasteiger partial charge >= 0.3 is 0 Å². The van der Waals surface area contributed by atoms with E-state index < -0.39 is 0 Å². The molecule has 3 aliphatic rings. The minimum Gasteiger partial charge on any atom is -0.355 e. The van der Waals surface area contributed by atoms with Crippen LogP contribution in [0.25, 0.3) is 11.1 Å². The molecule has 9 heteroatoms. The van der Waals surface area contributed by atoms with Gasteiger partial charge in [0.15, 0.2) is 11.6 Å². The van der Waals surface area contributed by atoms with E-state index in [2.05, 4.69) is 32.0 Å². The maximum atomic E-state index is 15.0. The summed E-state index contributed by atoms with van der Waals surface area (Å²) in [5, 5.41) is 13.2. The summed E-state index contributed by atoms with van der Waals surface area (Å²) < 4.78 is 16.6. The van der Waals surface area contributed by atoms with E-state index in [0.717, 1.165) is 37.7 Å². The number of carbonyl (C=O) groups is 1. The molecule has 3 aliphatic heterocycles. The van der Waals surface area contributed by atoms with Crippen LogP contribution in [0.2, 0.25) is 0 Å². The van der Waals surface area contributed by atoms with E-state index in [1.807, 2.05) is 19.1 Å². The van der Waals surface area contributed by atoms with E-state index in [4.69, 9.17) is 0 Å². The van der Waals surface area contributed by atoms with Gasteiger partial charge in [-0.25, -0.2) is 4.39 Å². The summed E-state index contributed by atoms with van der Waals surface area (Å²) in [5.74, 6) is 0.801. The summed E-state index contributed by atoms with van der Waals surface area (Å²) in [6.07, 6.45) is 4.19. The van der Waals surface area contributed by atoms with Crippen LogP contribution in [-0.2, 0) is 13.6 Å². The first-order valence-electron chi connectivity index (χ1n) is 12.3. The number of nitrogens with zero attached hydrogens (tertiary/aromatic N) is 7. The standard InChI is InChI=1S/C26H30FN7O/c1-4-32-9-7-26(15-32)8-10-33(16-26)23-5-6-24(29-28-23)34-13-18-11-22(27)20(12-19(18)25(34)35)21-14-31(3)30-17(21)2/h5-6,11-12,14H,4,7-10,13,15-16H2,1-3H3. The smallest absolute Gasteiger partial charge is 0.260 e. The Labute approximate surface area is 204 Å². The predicted molar refractivity (Wildman–Crippen MR) is 132 cm³/mol. The minimum atomic E-state index is -0.354. The van der Waals surface area contributed by atoms with Crippen LogP contribution in [-0.4, -0.2) is 63.5 Å². The number of aromatic nitrogens is 4. The topological polar surface area (TPSA) is 70.4 Å². The van der Waals surface area contributed by atoms with Crippen molar-refractivity contribution in [3.8, 4) is 11.1 Å². The summed E-state index contributed by atoms with van der Waals surface area (Å²) in [4.78, 5) is 19.7. The van der Waals surface area contributed by atoms with Crippen LogP contribution in [0.1, 0.15) is 41.4 Å². The van der Waals surface area contributed by atoms with Gasteiger partial charge in [-0.15, -0.1) is 10.2 Å². The minimum absolute atomic E-state index is 0.185. The van der Waals surface area contributed by atoms with Gasteiger partial charge in [0.1, 0.15) is 5.82 Å². The van der Waals surface area contributed by atoms with Crippen LogP contribution in [0.15, 0.2) is 30.5 Å². The molecule has 0 radical (unpaired) electrons. The second kappa shape index (κ2) is 8.12. The molecule has 6 rings (SSSR count). The van der Waals surface area contributed by atoms with Crippen LogP contribution in [0.5, 0.6) is 0 Å². The summed E-state index contributed by atoms with van der Waals surface area (Å²) in [7, 11) is 1.80. The summed E-state index contributed by atoms with van der Waals surface area (Å²) in [5.41, 5.74) is 3.32. The number of anilines is 2. The first kappa shape index (κ1) is 22.2. The van der Waals surface area contributed by atoms with Gasteiger partial charge in [0.2, 0.25) is 0 Å². The Morgan fingerprint density at radius 2 is 1.80 bits per heavy atom. The van der Waals surface area contributed by atoms with Crippen LogP contribution in [0.3, 0.4) is 0 Å². The fourth-order valence-electron chi connectivity index (χ4n) is 5.98. The van der Waals surface area contributed by atoms with E-state index in [-0.39, 0.29) is 18.3 Å². The van der Waals surface area contributed by atoms with Crippen molar-refractivity contribution in [1.29, 1.82) is 0 Å².